The molecule has 1 aliphatic rings. The summed E-state index contributed by atoms with van der Waals surface area (Å²) in [5.74, 6) is 0.412. The van der Waals surface area contributed by atoms with Crippen molar-refractivity contribution in [3.05, 3.63) is 63.3 Å². The Bertz CT molecular complexity index is 750. The van der Waals surface area contributed by atoms with Crippen LogP contribution in [0.5, 0.6) is 0 Å². The van der Waals surface area contributed by atoms with E-state index in [9.17, 15) is 9.59 Å². The van der Waals surface area contributed by atoms with Gasteiger partial charge in [-0.3, -0.25) is 15.0 Å². The predicted molar refractivity (Wildman–Crippen MR) is 84.4 cm³/mol. The molecule has 1 aliphatic carbocycles. The molecule has 1 heterocycles. The van der Waals surface area contributed by atoms with Gasteiger partial charge in [0.1, 0.15) is 5.82 Å². The summed E-state index contributed by atoms with van der Waals surface area (Å²) < 4.78 is 1.33. The lowest BCUT2D eigenvalue weighted by atomic mass is 10.1. The van der Waals surface area contributed by atoms with Crippen LogP contribution in [0.4, 0.5) is 0 Å². The van der Waals surface area contributed by atoms with Gasteiger partial charge < -0.3 is 0 Å². The Morgan fingerprint density at radius 1 is 1.27 bits per heavy atom. The third-order valence-electron chi connectivity index (χ3n) is 3.93. The van der Waals surface area contributed by atoms with Crippen LogP contribution in [0, 0.1) is 0 Å². The van der Waals surface area contributed by atoms with Crippen molar-refractivity contribution in [1.82, 2.24) is 9.66 Å². The molecular formula is C17H19N3O2. The molecule has 114 valence electrons. The highest BCUT2D eigenvalue weighted by Crippen LogP contribution is 2.16. The van der Waals surface area contributed by atoms with Crippen LogP contribution in [0.2, 0.25) is 0 Å². The number of aromatic nitrogens is 2. The summed E-state index contributed by atoms with van der Waals surface area (Å²) in [6.45, 7) is 1.93. The third-order valence-corrected chi connectivity index (χ3v) is 3.93. The van der Waals surface area contributed by atoms with Crippen molar-refractivity contribution in [3.8, 4) is 0 Å². The molecular weight excluding hydrogens is 278 g/mol. The minimum absolute atomic E-state index is 0.124. The molecule has 0 bridgehead atoms. The van der Waals surface area contributed by atoms with Gasteiger partial charge in [-0.2, -0.15) is 0 Å². The highest BCUT2D eigenvalue weighted by atomic mass is 16.2. The minimum Gasteiger partial charge on any atom is -0.273 e. The lowest BCUT2D eigenvalue weighted by Crippen LogP contribution is -2.38. The molecule has 0 unspecified atom stereocenters. The van der Waals surface area contributed by atoms with Gasteiger partial charge in [-0.05, 0) is 24.8 Å². The summed E-state index contributed by atoms with van der Waals surface area (Å²) >= 11 is 0. The van der Waals surface area contributed by atoms with E-state index in [4.69, 9.17) is 0 Å². The fourth-order valence-electron chi connectivity index (χ4n) is 2.84. The molecule has 5 nitrogen and oxygen atoms in total. The zero-order valence-electron chi connectivity index (χ0n) is 12.6. The van der Waals surface area contributed by atoms with Crippen LogP contribution >= 0.6 is 0 Å². The monoisotopic (exact) mass is 297 g/mol. The van der Waals surface area contributed by atoms with Crippen molar-refractivity contribution < 1.29 is 4.79 Å². The number of rotatable bonds is 4. The standard InChI is InChI=1S/C17H19N3O2/c1-2-15-18-14-10-6-9-13(14)17(22)20(15)19-16(21)11-12-7-4-3-5-8-12/h3-5,7-8H,2,6,9-11H2,1H3,(H,19,21). The molecule has 0 atom stereocenters. The highest BCUT2D eigenvalue weighted by molar-refractivity contribution is 5.85. The second kappa shape index (κ2) is 6.13. The van der Waals surface area contributed by atoms with Gasteiger partial charge in [0.05, 0.1) is 12.1 Å². The number of carbonyl (C=O) groups is 1. The van der Waals surface area contributed by atoms with E-state index < -0.39 is 0 Å². The molecule has 0 radical (unpaired) electrons. The van der Waals surface area contributed by atoms with Gasteiger partial charge in [-0.15, -0.1) is 0 Å². The minimum atomic E-state index is -0.206. The Morgan fingerprint density at radius 2 is 2.05 bits per heavy atom. The van der Waals surface area contributed by atoms with Crippen molar-refractivity contribution in [2.24, 2.45) is 0 Å². The largest absolute Gasteiger partial charge is 0.275 e. The van der Waals surface area contributed by atoms with E-state index in [1.807, 2.05) is 37.3 Å². The Hall–Kier alpha value is -2.43. The number of aryl methyl sites for hydroxylation is 2. The zero-order valence-corrected chi connectivity index (χ0v) is 12.6. The van der Waals surface area contributed by atoms with E-state index in [1.54, 1.807) is 0 Å². The number of amides is 1. The number of benzene rings is 1. The van der Waals surface area contributed by atoms with Gasteiger partial charge >= 0.3 is 0 Å². The quantitative estimate of drug-likeness (QED) is 0.932. The Kier molecular flexibility index (Phi) is 4.04. The van der Waals surface area contributed by atoms with Gasteiger partial charge in [0.25, 0.3) is 5.56 Å². The van der Waals surface area contributed by atoms with Crippen molar-refractivity contribution in [2.45, 2.75) is 39.0 Å². The SMILES string of the molecule is CCc1nc2c(c(=O)n1NC(=O)Cc1ccccc1)CCC2. The lowest BCUT2D eigenvalue weighted by molar-refractivity contribution is -0.116. The molecule has 0 fully saturated rings. The molecule has 1 N–H and O–H groups in total. The van der Waals surface area contributed by atoms with Crippen LogP contribution in [0.1, 0.15) is 36.0 Å². The third kappa shape index (κ3) is 2.79. The number of nitrogens with one attached hydrogen (secondary N) is 1. The zero-order chi connectivity index (χ0) is 15.5. The van der Waals surface area contributed by atoms with Gasteiger partial charge in [-0.1, -0.05) is 37.3 Å². The fourth-order valence-corrected chi connectivity index (χ4v) is 2.84. The first-order valence-corrected chi connectivity index (χ1v) is 7.66. The normalized spacial score (nSPS) is 13.0. The topological polar surface area (TPSA) is 64.0 Å². The van der Waals surface area contributed by atoms with Gasteiger partial charge in [0.15, 0.2) is 0 Å². The smallest absolute Gasteiger partial charge is 0.273 e. The average molecular weight is 297 g/mol. The van der Waals surface area contributed by atoms with Crippen LogP contribution in [-0.2, 0) is 30.5 Å². The Labute approximate surface area is 129 Å². The molecule has 5 heteroatoms. The van der Waals surface area contributed by atoms with E-state index in [2.05, 4.69) is 10.4 Å². The molecule has 0 saturated heterocycles. The summed E-state index contributed by atoms with van der Waals surface area (Å²) in [4.78, 5) is 29.3. The van der Waals surface area contributed by atoms with Crippen molar-refractivity contribution >= 4 is 5.91 Å². The van der Waals surface area contributed by atoms with E-state index in [-0.39, 0.29) is 17.9 Å². The Balaban J connectivity index is 1.86. The summed E-state index contributed by atoms with van der Waals surface area (Å²) in [6.07, 6.45) is 3.42. The maximum absolute atomic E-state index is 12.5. The summed E-state index contributed by atoms with van der Waals surface area (Å²) in [5, 5.41) is 0. The summed E-state index contributed by atoms with van der Waals surface area (Å²) in [6, 6.07) is 9.48. The van der Waals surface area contributed by atoms with Crippen LogP contribution in [0.25, 0.3) is 0 Å². The second-order valence-electron chi connectivity index (χ2n) is 5.50. The Morgan fingerprint density at radius 3 is 2.77 bits per heavy atom. The molecule has 1 aromatic heterocycles. The maximum atomic E-state index is 12.5. The first-order chi connectivity index (χ1) is 10.7. The maximum Gasteiger partial charge on any atom is 0.275 e. The van der Waals surface area contributed by atoms with Crippen LogP contribution in [0.15, 0.2) is 35.1 Å². The molecule has 0 aliphatic heterocycles. The lowest BCUT2D eigenvalue weighted by Gasteiger charge is -2.14. The van der Waals surface area contributed by atoms with Crippen LogP contribution in [0.3, 0.4) is 0 Å². The number of carbonyl (C=O) groups excluding carboxylic acids is 1. The van der Waals surface area contributed by atoms with Crippen molar-refractivity contribution in [3.63, 3.8) is 0 Å². The molecule has 1 aromatic carbocycles. The van der Waals surface area contributed by atoms with Gasteiger partial charge in [-0.25, -0.2) is 9.66 Å². The second-order valence-corrected chi connectivity index (χ2v) is 5.50. The molecule has 22 heavy (non-hydrogen) atoms. The number of hydrogen-bond donors (Lipinski definition) is 1. The summed E-state index contributed by atoms with van der Waals surface area (Å²) in [5.41, 5.74) is 5.15. The van der Waals surface area contributed by atoms with Crippen molar-refractivity contribution in [2.75, 3.05) is 5.43 Å². The summed E-state index contributed by atoms with van der Waals surface area (Å²) in [7, 11) is 0. The molecule has 0 saturated carbocycles. The van der Waals surface area contributed by atoms with E-state index in [1.165, 1.54) is 4.68 Å². The van der Waals surface area contributed by atoms with Crippen LogP contribution in [-0.4, -0.2) is 15.6 Å². The van der Waals surface area contributed by atoms with E-state index in [0.29, 0.717) is 12.2 Å². The average Bonchev–Trinajstić information content (AvgIpc) is 2.99. The van der Waals surface area contributed by atoms with Gasteiger partial charge in [0, 0.05) is 12.0 Å². The molecule has 0 spiro atoms. The molecule has 2 aromatic rings. The predicted octanol–water partition coefficient (Wildman–Crippen LogP) is 1.61. The fraction of sp³-hybridized carbons (Fsp3) is 0.353. The van der Waals surface area contributed by atoms with E-state index in [0.717, 1.165) is 36.1 Å². The number of fused-ring (bicyclic) bond motifs is 1. The van der Waals surface area contributed by atoms with Crippen molar-refractivity contribution in [1.29, 1.82) is 0 Å². The molecule has 1 amide bonds. The van der Waals surface area contributed by atoms with Gasteiger partial charge in [0.2, 0.25) is 5.91 Å². The highest BCUT2D eigenvalue weighted by Gasteiger charge is 2.21. The first kappa shape index (κ1) is 14.5. The molecule has 3 rings (SSSR count). The van der Waals surface area contributed by atoms with E-state index >= 15 is 0 Å². The number of hydrogen-bond acceptors (Lipinski definition) is 3. The first-order valence-electron chi connectivity index (χ1n) is 7.66. The number of nitrogens with zero attached hydrogens (tertiary/aromatic N) is 2. The van der Waals surface area contributed by atoms with Crippen LogP contribution < -0.4 is 11.0 Å².